The maximum absolute atomic E-state index is 5.83. The minimum atomic E-state index is 0.779. The van der Waals surface area contributed by atoms with Gasteiger partial charge in [0.2, 0.25) is 0 Å². The highest BCUT2D eigenvalue weighted by atomic mass is 16.5. The van der Waals surface area contributed by atoms with Gasteiger partial charge in [-0.05, 0) is 24.9 Å². The Morgan fingerprint density at radius 2 is 2.39 bits per heavy atom. The zero-order chi connectivity index (χ0) is 12.4. The van der Waals surface area contributed by atoms with Gasteiger partial charge in [0.05, 0.1) is 5.69 Å². The lowest BCUT2D eigenvalue weighted by Gasteiger charge is -2.24. The fourth-order valence-corrected chi connectivity index (χ4v) is 2.99. The minimum Gasteiger partial charge on any atom is -0.489 e. The molecule has 2 aliphatic heterocycles. The fraction of sp³-hybridized carbons (Fsp3) is 0.600. The zero-order valence-corrected chi connectivity index (χ0v) is 11.1. The lowest BCUT2D eigenvalue weighted by molar-refractivity contribution is 0.290. The van der Waals surface area contributed by atoms with Crippen LogP contribution in [0.3, 0.4) is 0 Å². The van der Waals surface area contributed by atoms with E-state index in [-0.39, 0.29) is 0 Å². The van der Waals surface area contributed by atoms with Gasteiger partial charge >= 0.3 is 0 Å². The highest BCUT2D eigenvalue weighted by Gasteiger charge is 2.23. The van der Waals surface area contributed by atoms with Gasteiger partial charge in [0.1, 0.15) is 12.4 Å². The summed E-state index contributed by atoms with van der Waals surface area (Å²) in [6.07, 6.45) is 2.66. The smallest absolute Gasteiger partial charge is 0.146 e. The average molecular weight is 246 g/mol. The van der Waals surface area contributed by atoms with Crippen LogP contribution in [-0.2, 0) is 6.54 Å². The standard InChI is InChI=1S/C15H22N2O/c1-2-12-6-8-17(10-12)11-13-4-3-5-14-15(13)18-9-7-16-14/h3-5,12,16H,2,6-11H2,1H3. The maximum Gasteiger partial charge on any atom is 0.146 e. The molecule has 0 bridgehead atoms. The molecule has 1 unspecified atom stereocenters. The van der Waals surface area contributed by atoms with Crippen molar-refractivity contribution in [3.05, 3.63) is 23.8 Å². The number of likely N-dealkylation sites (tertiary alicyclic amines) is 1. The number of benzene rings is 1. The first kappa shape index (κ1) is 11.8. The molecule has 18 heavy (non-hydrogen) atoms. The second-order valence-electron chi connectivity index (χ2n) is 5.37. The molecule has 0 aromatic heterocycles. The summed E-state index contributed by atoms with van der Waals surface area (Å²) in [5.41, 5.74) is 2.49. The molecule has 1 aromatic rings. The van der Waals surface area contributed by atoms with Crippen LogP contribution in [0.4, 0.5) is 5.69 Å². The van der Waals surface area contributed by atoms with Crippen molar-refractivity contribution in [2.75, 3.05) is 31.6 Å². The van der Waals surface area contributed by atoms with Crippen molar-refractivity contribution in [2.45, 2.75) is 26.3 Å². The van der Waals surface area contributed by atoms with E-state index in [2.05, 4.69) is 35.3 Å². The monoisotopic (exact) mass is 246 g/mol. The first-order chi connectivity index (χ1) is 8.86. The number of para-hydroxylation sites is 1. The normalized spacial score (nSPS) is 23.3. The third kappa shape index (κ3) is 2.32. The molecule has 0 spiro atoms. The Morgan fingerprint density at radius 3 is 3.22 bits per heavy atom. The summed E-state index contributed by atoms with van der Waals surface area (Å²) < 4.78 is 5.83. The van der Waals surface area contributed by atoms with Gasteiger partial charge in [-0.3, -0.25) is 4.90 Å². The average Bonchev–Trinajstić information content (AvgIpc) is 2.87. The van der Waals surface area contributed by atoms with Crippen molar-refractivity contribution in [2.24, 2.45) is 5.92 Å². The number of rotatable bonds is 3. The van der Waals surface area contributed by atoms with Crippen LogP contribution in [0, 0.1) is 5.92 Å². The predicted octanol–water partition coefficient (Wildman–Crippen LogP) is 2.72. The highest BCUT2D eigenvalue weighted by molar-refractivity contribution is 5.61. The molecular weight excluding hydrogens is 224 g/mol. The van der Waals surface area contributed by atoms with Crippen molar-refractivity contribution < 1.29 is 4.74 Å². The first-order valence-corrected chi connectivity index (χ1v) is 7.07. The molecule has 0 amide bonds. The van der Waals surface area contributed by atoms with E-state index in [1.54, 1.807) is 0 Å². The van der Waals surface area contributed by atoms with Crippen LogP contribution in [-0.4, -0.2) is 31.1 Å². The van der Waals surface area contributed by atoms with Crippen LogP contribution in [0.5, 0.6) is 5.75 Å². The number of anilines is 1. The van der Waals surface area contributed by atoms with E-state index < -0.39 is 0 Å². The summed E-state index contributed by atoms with van der Waals surface area (Å²) in [5.74, 6) is 1.97. The third-order valence-corrected chi connectivity index (χ3v) is 4.10. The van der Waals surface area contributed by atoms with Gasteiger partial charge in [-0.15, -0.1) is 0 Å². The number of nitrogens with one attached hydrogen (secondary N) is 1. The summed E-state index contributed by atoms with van der Waals surface area (Å²) in [6, 6.07) is 6.44. The van der Waals surface area contributed by atoms with Crippen LogP contribution in [0.25, 0.3) is 0 Å². The minimum absolute atomic E-state index is 0.779. The molecule has 0 radical (unpaired) electrons. The fourth-order valence-electron chi connectivity index (χ4n) is 2.99. The molecule has 2 heterocycles. The van der Waals surface area contributed by atoms with E-state index in [4.69, 9.17) is 4.74 Å². The molecule has 1 atom stereocenters. The second kappa shape index (κ2) is 5.19. The van der Waals surface area contributed by atoms with Crippen LogP contribution >= 0.6 is 0 Å². The van der Waals surface area contributed by atoms with Gasteiger partial charge in [-0.2, -0.15) is 0 Å². The van der Waals surface area contributed by atoms with Gasteiger partial charge in [0, 0.05) is 25.2 Å². The summed E-state index contributed by atoms with van der Waals surface area (Å²) in [6.45, 7) is 7.50. The quantitative estimate of drug-likeness (QED) is 0.887. The number of nitrogens with zero attached hydrogens (tertiary/aromatic N) is 1. The van der Waals surface area contributed by atoms with Crippen molar-refractivity contribution in [3.63, 3.8) is 0 Å². The first-order valence-electron chi connectivity index (χ1n) is 7.07. The molecule has 3 heteroatoms. The lowest BCUT2D eigenvalue weighted by Crippen LogP contribution is -2.23. The summed E-state index contributed by atoms with van der Waals surface area (Å²) >= 11 is 0. The molecule has 3 rings (SSSR count). The zero-order valence-electron chi connectivity index (χ0n) is 11.1. The summed E-state index contributed by atoms with van der Waals surface area (Å²) in [5, 5.41) is 3.40. The Hall–Kier alpha value is -1.22. The van der Waals surface area contributed by atoms with Gasteiger partial charge in [0.25, 0.3) is 0 Å². The molecule has 3 nitrogen and oxygen atoms in total. The van der Waals surface area contributed by atoms with Gasteiger partial charge < -0.3 is 10.1 Å². The van der Waals surface area contributed by atoms with E-state index >= 15 is 0 Å². The SMILES string of the molecule is CCC1CCN(Cc2cccc3c2OCCN3)C1. The van der Waals surface area contributed by atoms with E-state index in [9.17, 15) is 0 Å². The number of hydrogen-bond donors (Lipinski definition) is 1. The Bertz CT molecular complexity index is 419. The van der Waals surface area contributed by atoms with Crippen molar-refractivity contribution in [3.8, 4) is 5.75 Å². The third-order valence-electron chi connectivity index (χ3n) is 4.10. The van der Waals surface area contributed by atoms with E-state index in [1.807, 2.05) is 0 Å². The van der Waals surface area contributed by atoms with Crippen LogP contribution in [0.1, 0.15) is 25.3 Å². The van der Waals surface area contributed by atoms with Crippen molar-refractivity contribution in [1.82, 2.24) is 4.90 Å². The molecular formula is C15H22N2O. The number of hydrogen-bond acceptors (Lipinski definition) is 3. The topological polar surface area (TPSA) is 24.5 Å². The molecule has 1 saturated heterocycles. The Balaban J connectivity index is 1.73. The van der Waals surface area contributed by atoms with Gasteiger partial charge in [-0.25, -0.2) is 0 Å². The molecule has 0 saturated carbocycles. The van der Waals surface area contributed by atoms with E-state index in [0.29, 0.717) is 0 Å². The Labute approximate surface area is 109 Å². The Kier molecular flexibility index (Phi) is 3.41. The molecule has 1 N–H and O–H groups in total. The van der Waals surface area contributed by atoms with Crippen molar-refractivity contribution >= 4 is 5.69 Å². The molecule has 98 valence electrons. The van der Waals surface area contributed by atoms with Crippen LogP contribution in [0.2, 0.25) is 0 Å². The summed E-state index contributed by atoms with van der Waals surface area (Å²) in [4.78, 5) is 2.56. The van der Waals surface area contributed by atoms with E-state index in [1.165, 1.54) is 31.5 Å². The molecule has 1 fully saturated rings. The van der Waals surface area contributed by atoms with Crippen LogP contribution < -0.4 is 10.1 Å². The van der Waals surface area contributed by atoms with Crippen molar-refractivity contribution in [1.29, 1.82) is 0 Å². The van der Waals surface area contributed by atoms with Gasteiger partial charge in [-0.1, -0.05) is 25.5 Å². The predicted molar refractivity (Wildman–Crippen MR) is 74.1 cm³/mol. The van der Waals surface area contributed by atoms with E-state index in [0.717, 1.165) is 37.1 Å². The molecule has 2 aliphatic rings. The molecule has 1 aromatic carbocycles. The largest absolute Gasteiger partial charge is 0.489 e. The maximum atomic E-state index is 5.83. The number of fused-ring (bicyclic) bond motifs is 1. The number of ether oxygens (including phenoxy) is 1. The van der Waals surface area contributed by atoms with Crippen LogP contribution in [0.15, 0.2) is 18.2 Å². The second-order valence-corrected chi connectivity index (χ2v) is 5.37. The lowest BCUT2D eigenvalue weighted by atomic mass is 10.1. The Morgan fingerprint density at radius 1 is 1.44 bits per heavy atom. The molecule has 0 aliphatic carbocycles. The summed E-state index contributed by atoms with van der Waals surface area (Å²) in [7, 11) is 0. The highest BCUT2D eigenvalue weighted by Crippen LogP contribution is 2.33. The van der Waals surface area contributed by atoms with Gasteiger partial charge in [0.15, 0.2) is 0 Å².